The number of hydrogen-bond donors (Lipinski definition) is 1. The first-order valence-corrected chi connectivity index (χ1v) is 9.53. The van der Waals surface area contributed by atoms with E-state index in [2.05, 4.69) is 15.4 Å². The largest absolute Gasteiger partial charge is 0.329 e. The summed E-state index contributed by atoms with van der Waals surface area (Å²) in [7, 11) is 0. The predicted octanol–water partition coefficient (Wildman–Crippen LogP) is 3.23. The molecule has 3 aromatic rings. The van der Waals surface area contributed by atoms with Crippen LogP contribution in [0.3, 0.4) is 0 Å². The first-order valence-electron chi connectivity index (χ1n) is 9.53. The van der Waals surface area contributed by atoms with Crippen molar-refractivity contribution in [2.45, 2.75) is 19.9 Å². The Kier molecular flexibility index (Phi) is 7.01. The Hall–Kier alpha value is -3.69. The molecule has 0 aliphatic rings. The third-order valence-corrected chi connectivity index (χ3v) is 4.44. The van der Waals surface area contributed by atoms with Crippen LogP contribution in [0.1, 0.15) is 29.3 Å². The summed E-state index contributed by atoms with van der Waals surface area (Å²) in [4.78, 5) is 30.3. The fourth-order valence-corrected chi connectivity index (χ4v) is 2.94. The number of benzene rings is 2. The lowest BCUT2D eigenvalue weighted by atomic mass is 10.1. The van der Waals surface area contributed by atoms with Crippen LogP contribution in [0, 0.1) is 17.5 Å². The highest BCUT2D eigenvalue weighted by molar-refractivity contribution is 5.99. The normalized spacial score (nSPS) is 10.7. The Balaban J connectivity index is 1.67. The van der Waals surface area contributed by atoms with Crippen molar-refractivity contribution in [1.29, 1.82) is 0 Å². The summed E-state index contributed by atoms with van der Waals surface area (Å²) in [6.07, 6.45) is 3.59. The monoisotopic (exact) mass is 431 g/mol. The molecule has 31 heavy (non-hydrogen) atoms. The van der Waals surface area contributed by atoms with Crippen molar-refractivity contribution in [2.75, 3.05) is 18.4 Å². The van der Waals surface area contributed by atoms with Crippen LogP contribution in [0.5, 0.6) is 0 Å². The highest BCUT2D eigenvalue weighted by atomic mass is 19.2. The summed E-state index contributed by atoms with van der Waals surface area (Å²) >= 11 is 0. The van der Waals surface area contributed by atoms with E-state index in [1.807, 2.05) is 6.92 Å². The number of amides is 2. The zero-order valence-electron chi connectivity index (χ0n) is 16.7. The van der Waals surface area contributed by atoms with Gasteiger partial charge in [-0.3, -0.25) is 9.59 Å². The highest BCUT2D eigenvalue weighted by Crippen LogP contribution is 2.19. The van der Waals surface area contributed by atoms with Gasteiger partial charge in [-0.15, -0.1) is 0 Å². The molecule has 0 saturated carbocycles. The zero-order valence-corrected chi connectivity index (χ0v) is 16.7. The number of anilines is 1. The van der Waals surface area contributed by atoms with Crippen molar-refractivity contribution in [3.05, 3.63) is 77.6 Å². The number of carbonyl (C=O) groups is 2. The van der Waals surface area contributed by atoms with Crippen molar-refractivity contribution < 1.29 is 22.8 Å². The summed E-state index contributed by atoms with van der Waals surface area (Å²) < 4.78 is 41.8. The summed E-state index contributed by atoms with van der Waals surface area (Å²) in [5, 5.41) is 6.20. The maximum atomic E-state index is 13.8. The molecular weight excluding hydrogens is 411 g/mol. The Morgan fingerprint density at radius 2 is 1.81 bits per heavy atom. The molecule has 0 aliphatic heterocycles. The molecule has 0 spiro atoms. The number of aromatic nitrogens is 3. The quantitative estimate of drug-likeness (QED) is 0.556. The van der Waals surface area contributed by atoms with Crippen molar-refractivity contribution in [3.8, 4) is 0 Å². The third-order valence-electron chi connectivity index (χ3n) is 4.44. The number of nitrogens with one attached hydrogen (secondary N) is 1. The van der Waals surface area contributed by atoms with Gasteiger partial charge < -0.3 is 10.2 Å². The molecule has 0 saturated heterocycles. The van der Waals surface area contributed by atoms with E-state index in [0.29, 0.717) is 24.6 Å². The topological polar surface area (TPSA) is 80.1 Å². The number of halogens is 3. The summed E-state index contributed by atoms with van der Waals surface area (Å²) in [6.45, 7) is 2.25. The first kappa shape index (κ1) is 22.0. The van der Waals surface area contributed by atoms with Crippen LogP contribution in [0.25, 0.3) is 0 Å². The van der Waals surface area contributed by atoms with Gasteiger partial charge in [0.05, 0.1) is 12.2 Å². The van der Waals surface area contributed by atoms with E-state index >= 15 is 0 Å². The molecule has 1 N–H and O–H groups in total. The Bertz CT molecular complexity index is 1060. The number of carbonyl (C=O) groups excluding carboxylic acids is 2. The average Bonchev–Trinajstić information content (AvgIpc) is 3.27. The molecule has 10 heteroatoms. The molecule has 0 radical (unpaired) electrons. The maximum absolute atomic E-state index is 13.8. The lowest BCUT2D eigenvalue weighted by Gasteiger charge is -2.22. The van der Waals surface area contributed by atoms with Crippen molar-refractivity contribution in [2.24, 2.45) is 0 Å². The van der Waals surface area contributed by atoms with E-state index in [1.165, 1.54) is 11.2 Å². The van der Waals surface area contributed by atoms with E-state index in [9.17, 15) is 22.8 Å². The molecule has 0 aliphatic carbocycles. The van der Waals surface area contributed by atoms with Crippen molar-refractivity contribution in [1.82, 2.24) is 19.7 Å². The lowest BCUT2D eigenvalue weighted by Crippen LogP contribution is -2.38. The van der Waals surface area contributed by atoms with Gasteiger partial charge in [-0.05, 0) is 36.2 Å². The van der Waals surface area contributed by atoms with Gasteiger partial charge in [-0.25, -0.2) is 22.8 Å². The standard InChI is InChI=1S/C21H20F3N5O2/c1-2-9-28(11-18(30)27-17-8-7-16(22)19(23)20(17)24)21(31)15-5-3-14(4-6-15)10-29-13-25-12-26-29/h3-8,12-13H,2,9-11H2,1H3,(H,27,30). The summed E-state index contributed by atoms with van der Waals surface area (Å²) in [5.41, 5.74) is 0.795. The second-order valence-electron chi connectivity index (χ2n) is 6.79. The predicted molar refractivity (Wildman–Crippen MR) is 107 cm³/mol. The van der Waals surface area contributed by atoms with E-state index < -0.39 is 29.0 Å². The van der Waals surface area contributed by atoms with Crippen LogP contribution in [0.4, 0.5) is 18.9 Å². The lowest BCUT2D eigenvalue weighted by molar-refractivity contribution is -0.116. The van der Waals surface area contributed by atoms with Gasteiger partial charge in [0.25, 0.3) is 5.91 Å². The molecule has 1 aromatic heterocycles. The van der Waals surface area contributed by atoms with Gasteiger partial charge in [0, 0.05) is 12.1 Å². The van der Waals surface area contributed by atoms with Gasteiger partial charge in [-0.1, -0.05) is 19.1 Å². The van der Waals surface area contributed by atoms with Gasteiger partial charge >= 0.3 is 0 Å². The molecule has 162 valence electrons. The molecule has 0 bridgehead atoms. The molecule has 2 aromatic carbocycles. The first-order chi connectivity index (χ1) is 14.9. The van der Waals surface area contributed by atoms with Crippen LogP contribution < -0.4 is 5.32 Å². The van der Waals surface area contributed by atoms with E-state index in [1.54, 1.807) is 35.3 Å². The minimum atomic E-state index is -1.68. The molecule has 0 unspecified atom stereocenters. The van der Waals surface area contributed by atoms with Gasteiger partial charge in [0.15, 0.2) is 17.5 Å². The average molecular weight is 431 g/mol. The van der Waals surface area contributed by atoms with E-state index in [4.69, 9.17) is 0 Å². The van der Waals surface area contributed by atoms with Crippen LogP contribution in [0.2, 0.25) is 0 Å². The maximum Gasteiger partial charge on any atom is 0.254 e. The van der Waals surface area contributed by atoms with Gasteiger partial charge in [-0.2, -0.15) is 5.10 Å². The third kappa shape index (κ3) is 5.47. The van der Waals surface area contributed by atoms with Crippen LogP contribution in [-0.4, -0.2) is 44.6 Å². The Morgan fingerprint density at radius 1 is 1.06 bits per heavy atom. The Labute approximate surface area is 176 Å². The minimum Gasteiger partial charge on any atom is -0.329 e. The van der Waals surface area contributed by atoms with Crippen molar-refractivity contribution in [3.63, 3.8) is 0 Å². The van der Waals surface area contributed by atoms with Crippen LogP contribution in [-0.2, 0) is 11.3 Å². The van der Waals surface area contributed by atoms with E-state index in [-0.39, 0.29) is 19.0 Å². The fraction of sp³-hybridized carbons (Fsp3) is 0.238. The number of rotatable bonds is 8. The fourth-order valence-electron chi connectivity index (χ4n) is 2.94. The molecule has 3 rings (SSSR count). The van der Waals surface area contributed by atoms with Gasteiger partial charge in [0.2, 0.25) is 5.91 Å². The molecule has 0 atom stereocenters. The summed E-state index contributed by atoms with van der Waals surface area (Å²) in [5.74, 6) is -5.63. The molecular formula is C21H20F3N5O2. The molecule has 1 heterocycles. The van der Waals surface area contributed by atoms with Crippen LogP contribution in [0.15, 0.2) is 49.1 Å². The van der Waals surface area contributed by atoms with Gasteiger partial charge in [0.1, 0.15) is 19.2 Å². The highest BCUT2D eigenvalue weighted by Gasteiger charge is 2.20. The Morgan fingerprint density at radius 3 is 2.45 bits per heavy atom. The molecule has 0 fully saturated rings. The number of hydrogen-bond acceptors (Lipinski definition) is 4. The summed E-state index contributed by atoms with van der Waals surface area (Å²) in [6, 6.07) is 8.47. The smallest absolute Gasteiger partial charge is 0.254 e. The van der Waals surface area contributed by atoms with Crippen LogP contribution >= 0.6 is 0 Å². The zero-order chi connectivity index (χ0) is 22.4. The second kappa shape index (κ2) is 9.88. The number of nitrogens with zero attached hydrogens (tertiary/aromatic N) is 4. The van der Waals surface area contributed by atoms with E-state index in [0.717, 1.165) is 11.6 Å². The minimum absolute atomic E-state index is 0.285. The molecule has 2 amide bonds. The SMILES string of the molecule is CCCN(CC(=O)Nc1ccc(F)c(F)c1F)C(=O)c1ccc(Cn2cncn2)cc1. The van der Waals surface area contributed by atoms with Crippen molar-refractivity contribution >= 4 is 17.5 Å². The second-order valence-corrected chi connectivity index (χ2v) is 6.79. The molecule has 7 nitrogen and oxygen atoms in total.